The van der Waals surface area contributed by atoms with Gasteiger partial charge in [-0.1, -0.05) is 18.0 Å². The monoisotopic (exact) mass is 296 g/mol. The van der Waals surface area contributed by atoms with Gasteiger partial charge in [0.05, 0.1) is 11.2 Å². The van der Waals surface area contributed by atoms with E-state index < -0.39 is 0 Å². The minimum absolute atomic E-state index is 0.0876. The smallest absolute Gasteiger partial charge is 0.291 e. The van der Waals surface area contributed by atoms with E-state index in [-0.39, 0.29) is 5.56 Å². The summed E-state index contributed by atoms with van der Waals surface area (Å²) in [6, 6.07) is 0. The molecule has 2 N–H and O–H groups in total. The number of rotatable bonds is 5. The zero-order chi connectivity index (χ0) is 13.9. The Morgan fingerprint density at radius 2 is 2.25 bits per heavy atom. The van der Waals surface area contributed by atoms with Crippen molar-refractivity contribution in [3.8, 4) is 0 Å². The largest absolute Gasteiger partial charge is 0.379 e. The van der Waals surface area contributed by atoms with Crippen molar-refractivity contribution in [2.75, 3.05) is 25.0 Å². The molecule has 0 amide bonds. The van der Waals surface area contributed by atoms with Crippen LogP contribution in [0.25, 0.3) is 0 Å². The predicted octanol–water partition coefficient (Wildman–Crippen LogP) is 1.72. The minimum Gasteiger partial charge on any atom is -0.379 e. The number of hydrogen-bond donors (Lipinski definition) is 2. The average molecular weight is 297 g/mol. The highest BCUT2D eigenvalue weighted by atomic mass is 35.5. The zero-order valence-electron chi connectivity index (χ0n) is 11.6. The molecule has 5 nitrogen and oxygen atoms in total. The summed E-state index contributed by atoms with van der Waals surface area (Å²) in [5.41, 5.74) is 0.420. The summed E-state index contributed by atoms with van der Waals surface area (Å²) in [4.78, 5) is 12.4. The Hall–Kier alpha value is -1.07. The van der Waals surface area contributed by atoms with Crippen LogP contribution in [-0.4, -0.2) is 29.4 Å². The van der Waals surface area contributed by atoms with Crippen molar-refractivity contribution in [2.45, 2.75) is 32.2 Å². The molecule has 0 spiro atoms. The van der Waals surface area contributed by atoms with Crippen molar-refractivity contribution in [3.05, 3.63) is 21.6 Å². The number of halogens is 1. The summed E-state index contributed by atoms with van der Waals surface area (Å²) in [6.07, 6.45) is 6.40. The molecule has 110 valence electrons. The molecule has 1 aromatic rings. The van der Waals surface area contributed by atoms with Crippen LogP contribution in [0.1, 0.15) is 25.7 Å². The lowest BCUT2D eigenvalue weighted by atomic mass is 9.85. The first-order chi connectivity index (χ1) is 9.74. The second-order valence-electron chi connectivity index (χ2n) is 5.89. The van der Waals surface area contributed by atoms with Crippen LogP contribution in [0, 0.1) is 11.8 Å². The molecular formula is C14H21ClN4O. The van der Waals surface area contributed by atoms with Crippen molar-refractivity contribution < 1.29 is 0 Å². The highest BCUT2D eigenvalue weighted by Crippen LogP contribution is 2.27. The molecule has 1 atom stereocenters. The van der Waals surface area contributed by atoms with Crippen LogP contribution in [0.2, 0.25) is 5.02 Å². The fraction of sp³-hybridized carbons (Fsp3) is 0.714. The molecule has 1 saturated carbocycles. The second kappa shape index (κ2) is 6.14. The molecule has 1 aliphatic carbocycles. The summed E-state index contributed by atoms with van der Waals surface area (Å²) in [5, 5.41) is 11.1. The first kappa shape index (κ1) is 13.9. The number of nitrogens with zero attached hydrogens (tertiary/aromatic N) is 2. The van der Waals surface area contributed by atoms with Gasteiger partial charge in [0.2, 0.25) is 0 Å². The van der Waals surface area contributed by atoms with E-state index in [1.165, 1.54) is 19.3 Å². The topological polar surface area (TPSA) is 59.0 Å². The van der Waals surface area contributed by atoms with Gasteiger partial charge in [0.25, 0.3) is 5.56 Å². The number of anilines is 1. The van der Waals surface area contributed by atoms with Gasteiger partial charge in [-0.25, -0.2) is 4.68 Å². The van der Waals surface area contributed by atoms with Crippen molar-refractivity contribution in [1.82, 2.24) is 15.1 Å². The molecule has 1 aromatic heterocycles. The van der Waals surface area contributed by atoms with E-state index in [0.717, 1.165) is 32.6 Å². The maximum atomic E-state index is 12.4. The van der Waals surface area contributed by atoms with Crippen LogP contribution < -0.4 is 16.2 Å². The minimum atomic E-state index is -0.0876. The SMILES string of the molecule is O=c1c(NCC2CCNC2)c(Cl)cnn1CC1CCC1. The van der Waals surface area contributed by atoms with Crippen molar-refractivity contribution in [2.24, 2.45) is 11.8 Å². The van der Waals surface area contributed by atoms with E-state index in [0.29, 0.717) is 22.5 Å². The molecule has 2 heterocycles. The third-order valence-electron chi connectivity index (χ3n) is 4.38. The quantitative estimate of drug-likeness (QED) is 0.869. The molecular weight excluding hydrogens is 276 g/mol. The third-order valence-corrected chi connectivity index (χ3v) is 4.67. The van der Waals surface area contributed by atoms with Gasteiger partial charge in [0.15, 0.2) is 0 Å². The van der Waals surface area contributed by atoms with E-state index in [4.69, 9.17) is 11.6 Å². The highest BCUT2D eigenvalue weighted by Gasteiger charge is 2.21. The lowest BCUT2D eigenvalue weighted by Gasteiger charge is -2.25. The average Bonchev–Trinajstić information content (AvgIpc) is 2.89. The van der Waals surface area contributed by atoms with Crippen LogP contribution in [0.3, 0.4) is 0 Å². The summed E-state index contributed by atoms with van der Waals surface area (Å²) < 4.78 is 1.56. The fourth-order valence-corrected chi connectivity index (χ4v) is 3.00. The summed E-state index contributed by atoms with van der Waals surface area (Å²) in [5.74, 6) is 1.17. The Morgan fingerprint density at radius 1 is 1.40 bits per heavy atom. The van der Waals surface area contributed by atoms with Gasteiger partial charge in [0, 0.05) is 13.1 Å². The van der Waals surface area contributed by atoms with Crippen LogP contribution in [0.5, 0.6) is 0 Å². The molecule has 1 aliphatic heterocycles. The Morgan fingerprint density at radius 3 is 2.90 bits per heavy atom. The van der Waals surface area contributed by atoms with Crippen LogP contribution in [0.4, 0.5) is 5.69 Å². The lowest BCUT2D eigenvalue weighted by Crippen LogP contribution is -2.31. The van der Waals surface area contributed by atoms with Gasteiger partial charge < -0.3 is 10.6 Å². The Labute approximate surface area is 123 Å². The maximum absolute atomic E-state index is 12.4. The molecule has 0 aromatic carbocycles. The molecule has 0 radical (unpaired) electrons. The highest BCUT2D eigenvalue weighted by molar-refractivity contribution is 6.32. The van der Waals surface area contributed by atoms with E-state index in [2.05, 4.69) is 15.7 Å². The first-order valence-corrected chi connectivity index (χ1v) is 7.82. The maximum Gasteiger partial charge on any atom is 0.291 e. The normalized spacial score (nSPS) is 22.8. The molecule has 1 saturated heterocycles. The first-order valence-electron chi connectivity index (χ1n) is 7.44. The number of aromatic nitrogens is 2. The van der Waals surface area contributed by atoms with Gasteiger partial charge in [-0.15, -0.1) is 0 Å². The third kappa shape index (κ3) is 2.99. The Balaban J connectivity index is 1.70. The summed E-state index contributed by atoms with van der Waals surface area (Å²) in [6.45, 7) is 3.57. The van der Waals surface area contributed by atoms with Crippen LogP contribution >= 0.6 is 11.6 Å². The van der Waals surface area contributed by atoms with Gasteiger partial charge >= 0.3 is 0 Å². The van der Waals surface area contributed by atoms with E-state index >= 15 is 0 Å². The molecule has 6 heteroatoms. The van der Waals surface area contributed by atoms with Crippen molar-refractivity contribution in [1.29, 1.82) is 0 Å². The lowest BCUT2D eigenvalue weighted by molar-refractivity contribution is 0.262. The molecule has 0 bridgehead atoms. The van der Waals surface area contributed by atoms with Gasteiger partial charge in [-0.05, 0) is 44.2 Å². The van der Waals surface area contributed by atoms with E-state index in [1.807, 2.05) is 0 Å². The zero-order valence-corrected chi connectivity index (χ0v) is 12.3. The molecule has 3 rings (SSSR count). The molecule has 1 unspecified atom stereocenters. The number of hydrogen-bond acceptors (Lipinski definition) is 4. The van der Waals surface area contributed by atoms with Crippen LogP contribution in [0.15, 0.2) is 11.0 Å². The van der Waals surface area contributed by atoms with Gasteiger partial charge in [-0.3, -0.25) is 4.79 Å². The van der Waals surface area contributed by atoms with E-state index in [1.54, 1.807) is 10.9 Å². The predicted molar refractivity (Wildman–Crippen MR) is 80.3 cm³/mol. The van der Waals surface area contributed by atoms with Gasteiger partial charge in [0.1, 0.15) is 5.69 Å². The molecule has 20 heavy (non-hydrogen) atoms. The molecule has 2 fully saturated rings. The second-order valence-corrected chi connectivity index (χ2v) is 6.30. The van der Waals surface area contributed by atoms with Crippen molar-refractivity contribution in [3.63, 3.8) is 0 Å². The standard InChI is InChI=1S/C14H21ClN4O/c15-12-8-18-19(9-10-2-1-3-10)14(20)13(12)17-7-11-4-5-16-6-11/h8,10-11,16-17H,1-7,9H2. The number of nitrogens with one attached hydrogen (secondary N) is 2. The fourth-order valence-electron chi connectivity index (χ4n) is 2.81. The summed E-state index contributed by atoms with van der Waals surface area (Å²) in [7, 11) is 0. The van der Waals surface area contributed by atoms with E-state index in [9.17, 15) is 4.79 Å². The van der Waals surface area contributed by atoms with Crippen molar-refractivity contribution >= 4 is 17.3 Å². The molecule has 2 aliphatic rings. The summed E-state index contributed by atoms with van der Waals surface area (Å²) >= 11 is 6.12. The Bertz CT molecular complexity index is 520. The Kier molecular flexibility index (Phi) is 4.27. The van der Waals surface area contributed by atoms with Crippen LogP contribution in [-0.2, 0) is 6.54 Å². The van der Waals surface area contributed by atoms with Gasteiger partial charge in [-0.2, -0.15) is 5.10 Å².